The molecule has 20 heavy (non-hydrogen) atoms. The van der Waals surface area contributed by atoms with Gasteiger partial charge in [0, 0.05) is 12.2 Å². The molecule has 3 N–H and O–H groups in total. The lowest BCUT2D eigenvalue weighted by Crippen LogP contribution is -2.43. The quantitative estimate of drug-likeness (QED) is 0.839. The summed E-state index contributed by atoms with van der Waals surface area (Å²) in [6.45, 7) is 9.17. The maximum Gasteiger partial charge on any atom is 0.241 e. The summed E-state index contributed by atoms with van der Waals surface area (Å²) < 4.78 is 0. The second-order valence-corrected chi connectivity index (χ2v) is 6.78. The third-order valence-corrected chi connectivity index (χ3v) is 3.37. The van der Waals surface area contributed by atoms with Crippen LogP contribution >= 0.6 is 11.6 Å². The first-order chi connectivity index (χ1) is 9.10. The third kappa shape index (κ3) is 5.02. The number of hydrogen-bond acceptors (Lipinski definition) is 3. The van der Waals surface area contributed by atoms with Crippen molar-refractivity contribution in [2.75, 3.05) is 24.6 Å². The number of rotatable bonds is 4. The predicted octanol–water partition coefficient (Wildman–Crippen LogP) is 3.23. The number of nitrogens with one attached hydrogen (secondary N) is 1. The van der Waals surface area contributed by atoms with Crippen molar-refractivity contribution >= 4 is 28.9 Å². The average molecular weight is 298 g/mol. The summed E-state index contributed by atoms with van der Waals surface area (Å²) in [6.07, 6.45) is 0. The first kappa shape index (κ1) is 16.8. The molecule has 1 unspecified atom stereocenters. The SMILES string of the molecule is CC(C(=O)Nc1ccc(Cl)c(N)c1)N(C)CC(C)(C)C. The second-order valence-electron chi connectivity index (χ2n) is 6.38. The number of nitrogens with two attached hydrogens (primary N) is 1. The fourth-order valence-electron chi connectivity index (χ4n) is 1.95. The van der Waals surface area contributed by atoms with Crippen LogP contribution in [0.4, 0.5) is 11.4 Å². The second kappa shape index (κ2) is 6.46. The van der Waals surface area contributed by atoms with E-state index in [4.69, 9.17) is 17.3 Å². The minimum Gasteiger partial charge on any atom is -0.397 e. The summed E-state index contributed by atoms with van der Waals surface area (Å²) in [4.78, 5) is 14.2. The Morgan fingerprint density at radius 1 is 1.45 bits per heavy atom. The van der Waals surface area contributed by atoms with Crippen molar-refractivity contribution in [2.45, 2.75) is 33.7 Å². The predicted molar refractivity (Wildman–Crippen MR) is 86.0 cm³/mol. The fourth-order valence-corrected chi connectivity index (χ4v) is 2.07. The van der Waals surface area contributed by atoms with Crippen molar-refractivity contribution < 1.29 is 4.79 Å². The lowest BCUT2D eigenvalue weighted by atomic mass is 9.95. The zero-order chi connectivity index (χ0) is 15.5. The van der Waals surface area contributed by atoms with Crippen molar-refractivity contribution in [2.24, 2.45) is 5.41 Å². The highest BCUT2D eigenvalue weighted by atomic mass is 35.5. The van der Waals surface area contributed by atoms with Crippen LogP contribution in [0.2, 0.25) is 5.02 Å². The molecule has 1 amide bonds. The Morgan fingerprint density at radius 3 is 2.55 bits per heavy atom. The number of anilines is 2. The lowest BCUT2D eigenvalue weighted by Gasteiger charge is -2.30. The van der Waals surface area contributed by atoms with Gasteiger partial charge in [0.2, 0.25) is 5.91 Å². The molecular formula is C15H24ClN3O. The van der Waals surface area contributed by atoms with Gasteiger partial charge in [0.05, 0.1) is 16.8 Å². The number of nitrogen functional groups attached to an aromatic ring is 1. The first-order valence-corrected chi connectivity index (χ1v) is 7.04. The number of likely N-dealkylation sites (N-methyl/N-ethyl adjacent to an activating group) is 1. The Hall–Kier alpha value is -1.26. The molecule has 0 saturated heterocycles. The fraction of sp³-hybridized carbons (Fsp3) is 0.533. The molecule has 0 aromatic heterocycles. The molecule has 0 heterocycles. The van der Waals surface area contributed by atoms with Gasteiger partial charge in [-0.2, -0.15) is 0 Å². The van der Waals surface area contributed by atoms with E-state index >= 15 is 0 Å². The van der Waals surface area contributed by atoms with Gasteiger partial charge >= 0.3 is 0 Å². The van der Waals surface area contributed by atoms with Crippen LogP contribution in [0.3, 0.4) is 0 Å². The topological polar surface area (TPSA) is 58.4 Å². The first-order valence-electron chi connectivity index (χ1n) is 6.66. The van der Waals surface area contributed by atoms with Crippen molar-refractivity contribution in [3.8, 4) is 0 Å². The van der Waals surface area contributed by atoms with Gasteiger partial charge in [-0.15, -0.1) is 0 Å². The van der Waals surface area contributed by atoms with E-state index in [-0.39, 0.29) is 17.4 Å². The number of nitrogens with zero attached hydrogens (tertiary/aromatic N) is 1. The highest BCUT2D eigenvalue weighted by Gasteiger charge is 2.22. The standard InChI is InChI=1S/C15H24ClN3O/c1-10(19(5)9-15(2,3)4)14(20)18-11-6-7-12(16)13(17)8-11/h6-8,10H,9,17H2,1-5H3,(H,18,20). The van der Waals surface area contributed by atoms with Gasteiger partial charge < -0.3 is 11.1 Å². The summed E-state index contributed by atoms with van der Waals surface area (Å²) in [5, 5.41) is 3.34. The van der Waals surface area contributed by atoms with Crippen molar-refractivity contribution in [1.82, 2.24) is 4.90 Å². The molecule has 0 spiro atoms. The van der Waals surface area contributed by atoms with E-state index in [1.807, 2.05) is 18.9 Å². The van der Waals surface area contributed by atoms with E-state index in [0.717, 1.165) is 6.54 Å². The maximum atomic E-state index is 12.2. The molecule has 0 fully saturated rings. The van der Waals surface area contributed by atoms with Crippen LogP contribution in [0.5, 0.6) is 0 Å². The normalized spacial score (nSPS) is 13.3. The number of carbonyl (C=O) groups excluding carboxylic acids is 1. The molecule has 4 nitrogen and oxygen atoms in total. The van der Waals surface area contributed by atoms with Crippen molar-refractivity contribution in [1.29, 1.82) is 0 Å². The zero-order valence-electron chi connectivity index (χ0n) is 12.8. The van der Waals surface area contributed by atoms with E-state index < -0.39 is 0 Å². The van der Waals surface area contributed by atoms with Crippen molar-refractivity contribution in [3.05, 3.63) is 23.2 Å². The number of amides is 1. The van der Waals surface area contributed by atoms with Crippen LogP contribution in [-0.2, 0) is 4.79 Å². The number of carbonyl (C=O) groups is 1. The molecule has 5 heteroatoms. The Labute approximate surface area is 126 Å². The van der Waals surface area contributed by atoms with Crippen LogP contribution in [0.25, 0.3) is 0 Å². The highest BCUT2D eigenvalue weighted by molar-refractivity contribution is 6.33. The minimum absolute atomic E-state index is 0.0570. The van der Waals surface area contributed by atoms with Crippen molar-refractivity contribution in [3.63, 3.8) is 0 Å². The summed E-state index contributed by atoms with van der Waals surface area (Å²) in [5.41, 5.74) is 6.99. The van der Waals surface area contributed by atoms with Crippen LogP contribution in [0.1, 0.15) is 27.7 Å². The Balaban J connectivity index is 2.68. The number of benzene rings is 1. The molecule has 0 radical (unpaired) electrons. The molecule has 1 rings (SSSR count). The van der Waals surface area contributed by atoms with E-state index in [2.05, 4.69) is 26.1 Å². The minimum atomic E-state index is -0.217. The van der Waals surface area contributed by atoms with Gasteiger partial charge in [-0.1, -0.05) is 32.4 Å². The lowest BCUT2D eigenvalue weighted by molar-refractivity contribution is -0.120. The van der Waals surface area contributed by atoms with Gasteiger partial charge in [0.25, 0.3) is 0 Å². The molecule has 0 bridgehead atoms. The van der Waals surface area contributed by atoms with Gasteiger partial charge in [-0.05, 0) is 37.6 Å². The molecule has 1 atom stereocenters. The molecule has 1 aromatic rings. The van der Waals surface area contributed by atoms with Gasteiger partial charge in [-0.25, -0.2) is 0 Å². The largest absolute Gasteiger partial charge is 0.397 e. The molecule has 0 aliphatic rings. The molecular weight excluding hydrogens is 274 g/mol. The highest BCUT2D eigenvalue weighted by Crippen LogP contribution is 2.23. The van der Waals surface area contributed by atoms with Crippen LogP contribution < -0.4 is 11.1 Å². The summed E-state index contributed by atoms with van der Waals surface area (Å²) >= 11 is 5.86. The summed E-state index contributed by atoms with van der Waals surface area (Å²) in [7, 11) is 1.95. The molecule has 0 aliphatic carbocycles. The molecule has 112 valence electrons. The van der Waals surface area contributed by atoms with Crippen LogP contribution in [0, 0.1) is 5.41 Å². The average Bonchev–Trinajstić information content (AvgIpc) is 2.30. The third-order valence-electron chi connectivity index (χ3n) is 3.03. The number of hydrogen-bond donors (Lipinski definition) is 2. The Kier molecular flexibility index (Phi) is 5.42. The molecule has 0 saturated carbocycles. The Morgan fingerprint density at radius 2 is 2.05 bits per heavy atom. The summed E-state index contributed by atoms with van der Waals surface area (Å²) in [5.74, 6) is -0.0570. The smallest absolute Gasteiger partial charge is 0.241 e. The van der Waals surface area contributed by atoms with Gasteiger partial charge in [0.1, 0.15) is 0 Å². The van der Waals surface area contributed by atoms with Crippen LogP contribution in [-0.4, -0.2) is 30.4 Å². The monoisotopic (exact) mass is 297 g/mol. The Bertz CT molecular complexity index is 482. The van der Waals surface area contributed by atoms with E-state index in [1.54, 1.807) is 18.2 Å². The maximum absolute atomic E-state index is 12.2. The van der Waals surface area contributed by atoms with E-state index in [0.29, 0.717) is 16.4 Å². The zero-order valence-corrected chi connectivity index (χ0v) is 13.6. The van der Waals surface area contributed by atoms with E-state index in [1.165, 1.54) is 0 Å². The molecule has 0 aliphatic heterocycles. The van der Waals surface area contributed by atoms with Crippen LogP contribution in [0.15, 0.2) is 18.2 Å². The van der Waals surface area contributed by atoms with Gasteiger partial charge in [-0.3, -0.25) is 9.69 Å². The molecule has 1 aromatic carbocycles. The summed E-state index contributed by atoms with van der Waals surface area (Å²) in [6, 6.07) is 4.87. The van der Waals surface area contributed by atoms with Gasteiger partial charge in [0.15, 0.2) is 0 Å². The number of halogens is 1. The van der Waals surface area contributed by atoms with E-state index in [9.17, 15) is 4.79 Å².